The largest absolute Gasteiger partial charge is 0.481 e. The van der Waals surface area contributed by atoms with E-state index in [1.54, 1.807) is 37.6 Å². The van der Waals surface area contributed by atoms with E-state index in [4.69, 9.17) is 4.74 Å². The molecule has 0 aliphatic rings. The van der Waals surface area contributed by atoms with Crippen LogP contribution in [0.2, 0.25) is 0 Å². The van der Waals surface area contributed by atoms with Gasteiger partial charge in [0.05, 0.1) is 20.0 Å². The van der Waals surface area contributed by atoms with Crippen molar-refractivity contribution in [1.82, 2.24) is 30.2 Å². The van der Waals surface area contributed by atoms with Gasteiger partial charge in [0.1, 0.15) is 11.8 Å². The van der Waals surface area contributed by atoms with E-state index < -0.39 is 0 Å². The lowest BCUT2D eigenvalue weighted by atomic mass is 10.2. The summed E-state index contributed by atoms with van der Waals surface area (Å²) in [6.07, 6.45) is 4.61. The number of carbonyl (C=O) groups excluding carboxylic acids is 1. The third kappa shape index (κ3) is 3.24. The second-order valence-electron chi connectivity index (χ2n) is 5.10. The number of anilines is 1. The maximum atomic E-state index is 12.2. The number of aromatic nitrogens is 5. The van der Waals surface area contributed by atoms with Crippen LogP contribution >= 0.6 is 0 Å². The number of fused-ring (bicyclic) bond motifs is 1. The lowest BCUT2D eigenvalue weighted by molar-refractivity contribution is -0.119. The third-order valence-corrected chi connectivity index (χ3v) is 3.46. The van der Waals surface area contributed by atoms with Crippen molar-refractivity contribution < 1.29 is 9.53 Å². The van der Waals surface area contributed by atoms with Crippen LogP contribution in [-0.4, -0.2) is 51.5 Å². The van der Waals surface area contributed by atoms with Gasteiger partial charge in [-0.15, -0.1) is 0 Å². The number of aromatic amines is 1. The first kappa shape index (κ1) is 15.7. The summed E-state index contributed by atoms with van der Waals surface area (Å²) >= 11 is 0. The lowest BCUT2D eigenvalue weighted by Crippen LogP contribution is -2.35. The minimum absolute atomic E-state index is 0.144. The van der Waals surface area contributed by atoms with Crippen LogP contribution < -0.4 is 15.0 Å². The lowest BCUT2D eigenvalue weighted by Gasteiger charge is -2.18. The van der Waals surface area contributed by atoms with E-state index in [9.17, 15) is 4.79 Å². The zero-order chi connectivity index (χ0) is 16.9. The second kappa shape index (κ2) is 6.90. The monoisotopic (exact) mass is 327 g/mol. The summed E-state index contributed by atoms with van der Waals surface area (Å²) in [5, 5.41) is 2.85. The molecular formula is C15H17N7O2. The number of nitrogens with one attached hydrogen (secondary N) is 2. The first-order chi connectivity index (χ1) is 11.7. The van der Waals surface area contributed by atoms with E-state index in [0.717, 1.165) is 5.56 Å². The van der Waals surface area contributed by atoms with Crippen LogP contribution in [0.25, 0.3) is 11.2 Å². The van der Waals surface area contributed by atoms with Crippen molar-refractivity contribution in [2.24, 2.45) is 0 Å². The molecule has 3 aromatic heterocycles. The van der Waals surface area contributed by atoms with E-state index in [-0.39, 0.29) is 12.5 Å². The molecule has 0 aromatic carbocycles. The zero-order valence-electron chi connectivity index (χ0n) is 13.4. The van der Waals surface area contributed by atoms with Gasteiger partial charge >= 0.3 is 0 Å². The Hall–Kier alpha value is -3.23. The Bertz CT molecular complexity index is 848. The minimum atomic E-state index is -0.144. The summed E-state index contributed by atoms with van der Waals surface area (Å²) in [5.41, 5.74) is 2.07. The van der Waals surface area contributed by atoms with Crippen molar-refractivity contribution in [1.29, 1.82) is 0 Å². The van der Waals surface area contributed by atoms with Gasteiger partial charge < -0.3 is 19.9 Å². The summed E-state index contributed by atoms with van der Waals surface area (Å²) < 4.78 is 5.17. The number of hydrogen-bond donors (Lipinski definition) is 2. The molecule has 0 unspecified atom stereocenters. The van der Waals surface area contributed by atoms with Crippen LogP contribution in [0.3, 0.4) is 0 Å². The second-order valence-corrected chi connectivity index (χ2v) is 5.10. The van der Waals surface area contributed by atoms with Gasteiger partial charge in [-0.3, -0.25) is 4.79 Å². The van der Waals surface area contributed by atoms with Crippen LogP contribution in [0.5, 0.6) is 5.88 Å². The molecule has 124 valence electrons. The number of H-pyrrole nitrogens is 1. The summed E-state index contributed by atoms with van der Waals surface area (Å²) in [5.74, 6) is 0.974. The van der Waals surface area contributed by atoms with Gasteiger partial charge in [0, 0.05) is 25.4 Å². The minimum Gasteiger partial charge on any atom is -0.481 e. The maximum absolute atomic E-state index is 12.2. The molecule has 0 atom stereocenters. The Labute approximate surface area is 138 Å². The van der Waals surface area contributed by atoms with Gasteiger partial charge in [0.25, 0.3) is 0 Å². The number of hydrogen-bond acceptors (Lipinski definition) is 7. The molecule has 0 saturated heterocycles. The van der Waals surface area contributed by atoms with Gasteiger partial charge in [-0.2, -0.15) is 0 Å². The fraction of sp³-hybridized carbons (Fsp3) is 0.267. The van der Waals surface area contributed by atoms with Crippen LogP contribution in [-0.2, 0) is 11.3 Å². The molecule has 0 aliphatic carbocycles. The van der Waals surface area contributed by atoms with Crippen molar-refractivity contribution in [2.45, 2.75) is 6.54 Å². The number of pyridine rings is 1. The number of ether oxygens (including phenoxy) is 1. The molecule has 0 spiro atoms. The van der Waals surface area contributed by atoms with Crippen molar-refractivity contribution in [3.05, 3.63) is 36.5 Å². The fourth-order valence-electron chi connectivity index (χ4n) is 2.32. The highest BCUT2D eigenvalue weighted by Crippen LogP contribution is 2.18. The van der Waals surface area contributed by atoms with Gasteiger partial charge in [0.2, 0.25) is 11.8 Å². The van der Waals surface area contributed by atoms with Gasteiger partial charge in [-0.05, 0) is 6.07 Å². The Morgan fingerprint density at radius 1 is 1.33 bits per heavy atom. The van der Waals surface area contributed by atoms with E-state index in [1.165, 1.54) is 6.33 Å². The molecule has 0 radical (unpaired) electrons. The number of amides is 1. The van der Waals surface area contributed by atoms with Crippen molar-refractivity contribution in [3.8, 4) is 5.88 Å². The van der Waals surface area contributed by atoms with Crippen molar-refractivity contribution in [2.75, 3.05) is 25.6 Å². The maximum Gasteiger partial charge on any atom is 0.239 e. The quantitative estimate of drug-likeness (QED) is 0.679. The highest BCUT2D eigenvalue weighted by Gasteiger charge is 2.14. The average molecular weight is 327 g/mol. The number of rotatable bonds is 6. The van der Waals surface area contributed by atoms with Crippen molar-refractivity contribution >= 4 is 22.9 Å². The predicted octanol–water partition coefficient (Wildman–Crippen LogP) is 0.509. The molecule has 0 fully saturated rings. The standard InChI is InChI=1S/C15H17N7O2/c1-22(14-12-13(19-8-18-12)20-9-21-14)7-11(23)17-6-10-4-3-5-16-15(10)24-2/h3-5,8-9H,6-7H2,1-2H3,(H,17,23)(H,18,19,20,21). The average Bonchev–Trinajstić information content (AvgIpc) is 3.08. The molecule has 9 nitrogen and oxygen atoms in total. The Balaban J connectivity index is 1.63. The summed E-state index contributed by atoms with van der Waals surface area (Å²) in [6.45, 7) is 0.487. The van der Waals surface area contributed by atoms with Crippen molar-refractivity contribution in [3.63, 3.8) is 0 Å². The SMILES string of the molecule is COc1ncccc1CNC(=O)CN(C)c1ncnc2nc[nH]c12. The molecule has 0 aliphatic heterocycles. The fourth-order valence-corrected chi connectivity index (χ4v) is 2.32. The highest BCUT2D eigenvalue weighted by atomic mass is 16.5. The smallest absolute Gasteiger partial charge is 0.239 e. The van der Waals surface area contributed by atoms with Crippen LogP contribution in [0, 0.1) is 0 Å². The molecule has 1 amide bonds. The van der Waals surface area contributed by atoms with Crippen LogP contribution in [0.4, 0.5) is 5.82 Å². The number of imidazole rings is 1. The Kier molecular flexibility index (Phi) is 4.50. The van der Waals surface area contributed by atoms with Gasteiger partial charge in [-0.1, -0.05) is 6.07 Å². The number of carbonyl (C=O) groups is 1. The molecule has 0 saturated carbocycles. The summed E-state index contributed by atoms with van der Waals surface area (Å²) in [4.78, 5) is 33.4. The van der Waals surface area contributed by atoms with Crippen LogP contribution in [0.1, 0.15) is 5.56 Å². The molecule has 3 heterocycles. The Morgan fingerprint density at radius 2 is 2.21 bits per heavy atom. The molecular weight excluding hydrogens is 310 g/mol. The summed E-state index contributed by atoms with van der Waals surface area (Å²) in [6, 6.07) is 3.65. The zero-order valence-corrected chi connectivity index (χ0v) is 13.4. The molecule has 2 N–H and O–H groups in total. The normalized spacial score (nSPS) is 10.6. The number of nitrogens with zero attached hydrogens (tertiary/aromatic N) is 5. The summed E-state index contributed by atoms with van der Waals surface area (Å²) in [7, 11) is 3.33. The van der Waals surface area contributed by atoms with E-state index in [1.807, 2.05) is 6.07 Å². The first-order valence-electron chi connectivity index (χ1n) is 7.29. The van der Waals surface area contributed by atoms with Crippen LogP contribution in [0.15, 0.2) is 31.0 Å². The van der Waals surface area contributed by atoms with E-state index >= 15 is 0 Å². The first-order valence-corrected chi connectivity index (χ1v) is 7.29. The number of likely N-dealkylation sites (N-methyl/N-ethyl adjacent to an activating group) is 1. The van der Waals surface area contributed by atoms with Gasteiger partial charge in [0.15, 0.2) is 11.5 Å². The third-order valence-electron chi connectivity index (χ3n) is 3.46. The van der Waals surface area contributed by atoms with E-state index in [2.05, 4.69) is 30.2 Å². The molecule has 3 rings (SSSR count). The highest BCUT2D eigenvalue weighted by molar-refractivity contribution is 5.86. The predicted molar refractivity (Wildman–Crippen MR) is 87.6 cm³/mol. The molecule has 3 aromatic rings. The molecule has 0 bridgehead atoms. The van der Waals surface area contributed by atoms with Gasteiger partial charge in [-0.25, -0.2) is 19.9 Å². The number of methoxy groups -OCH3 is 1. The molecule has 24 heavy (non-hydrogen) atoms. The topological polar surface area (TPSA) is 109 Å². The van der Waals surface area contributed by atoms with E-state index in [0.29, 0.717) is 29.4 Å². The Morgan fingerprint density at radius 3 is 3.04 bits per heavy atom. The molecule has 9 heteroatoms.